The van der Waals surface area contributed by atoms with E-state index < -0.39 is 0 Å². The number of hydrogen-bond donors (Lipinski definition) is 1. The highest BCUT2D eigenvalue weighted by molar-refractivity contribution is 5.32. The van der Waals surface area contributed by atoms with Crippen molar-refractivity contribution in [3.8, 4) is 0 Å². The third-order valence-corrected chi connectivity index (χ3v) is 3.71. The minimum absolute atomic E-state index is 0.0109. The van der Waals surface area contributed by atoms with Gasteiger partial charge in [0.15, 0.2) is 0 Å². The van der Waals surface area contributed by atoms with Crippen molar-refractivity contribution in [3.63, 3.8) is 0 Å². The summed E-state index contributed by atoms with van der Waals surface area (Å²) in [6.45, 7) is 7.33. The lowest BCUT2D eigenvalue weighted by atomic mass is 9.92. The van der Waals surface area contributed by atoms with Crippen molar-refractivity contribution in [2.75, 3.05) is 6.61 Å². The van der Waals surface area contributed by atoms with E-state index in [1.165, 1.54) is 16.7 Å². The van der Waals surface area contributed by atoms with Crippen molar-refractivity contribution in [1.29, 1.82) is 0 Å². The van der Waals surface area contributed by atoms with Crippen molar-refractivity contribution in [2.24, 2.45) is 11.7 Å². The van der Waals surface area contributed by atoms with E-state index in [1.54, 1.807) is 0 Å². The van der Waals surface area contributed by atoms with Crippen molar-refractivity contribution < 1.29 is 4.74 Å². The van der Waals surface area contributed by atoms with E-state index in [-0.39, 0.29) is 12.1 Å². The molecule has 1 aliphatic heterocycles. The fourth-order valence-electron chi connectivity index (χ4n) is 2.34. The van der Waals surface area contributed by atoms with Gasteiger partial charge in [-0.1, -0.05) is 25.1 Å². The van der Waals surface area contributed by atoms with E-state index in [0.717, 1.165) is 13.0 Å². The lowest BCUT2D eigenvalue weighted by Gasteiger charge is -2.23. The molecule has 2 nitrogen and oxygen atoms in total. The molecule has 1 aromatic rings. The Morgan fingerprint density at radius 3 is 2.62 bits per heavy atom. The maximum atomic E-state index is 6.28. The molecule has 1 saturated heterocycles. The SMILES string of the molecule is Cc1ccc(C(N)C2OCCC2C)cc1C. The molecule has 0 amide bonds. The average Bonchev–Trinajstić information content (AvgIpc) is 2.67. The van der Waals surface area contributed by atoms with Gasteiger partial charge in [-0.05, 0) is 42.9 Å². The molecular formula is C14H21NO. The molecule has 0 aromatic heterocycles. The standard InChI is InChI=1S/C14H21NO/c1-9-4-5-12(8-11(9)3)13(15)14-10(2)6-7-16-14/h4-5,8,10,13-14H,6-7,15H2,1-3H3. The van der Waals surface area contributed by atoms with E-state index in [4.69, 9.17) is 10.5 Å². The van der Waals surface area contributed by atoms with E-state index in [1.807, 2.05) is 0 Å². The van der Waals surface area contributed by atoms with Gasteiger partial charge in [0.1, 0.15) is 0 Å². The summed E-state index contributed by atoms with van der Waals surface area (Å²) >= 11 is 0. The molecule has 1 aliphatic rings. The van der Waals surface area contributed by atoms with Crippen molar-refractivity contribution >= 4 is 0 Å². The Hall–Kier alpha value is -0.860. The smallest absolute Gasteiger partial charge is 0.0793 e. The lowest BCUT2D eigenvalue weighted by molar-refractivity contribution is 0.0725. The van der Waals surface area contributed by atoms with Crippen LogP contribution in [-0.4, -0.2) is 12.7 Å². The summed E-state index contributed by atoms with van der Waals surface area (Å²) in [7, 11) is 0. The normalized spacial score (nSPS) is 27.0. The van der Waals surface area contributed by atoms with Crippen LogP contribution >= 0.6 is 0 Å². The minimum Gasteiger partial charge on any atom is -0.376 e. The molecule has 0 spiro atoms. The van der Waals surface area contributed by atoms with Gasteiger partial charge in [-0.3, -0.25) is 0 Å². The molecule has 1 fully saturated rings. The fourth-order valence-corrected chi connectivity index (χ4v) is 2.34. The molecule has 2 heteroatoms. The molecule has 3 atom stereocenters. The monoisotopic (exact) mass is 219 g/mol. The van der Waals surface area contributed by atoms with Crippen LogP contribution in [0.25, 0.3) is 0 Å². The summed E-state index contributed by atoms with van der Waals surface area (Å²) in [5, 5.41) is 0. The molecular weight excluding hydrogens is 198 g/mol. The third-order valence-electron chi connectivity index (χ3n) is 3.71. The molecule has 0 aliphatic carbocycles. The second-order valence-corrected chi connectivity index (χ2v) is 4.97. The summed E-state index contributed by atoms with van der Waals surface area (Å²) < 4.78 is 5.73. The number of hydrogen-bond acceptors (Lipinski definition) is 2. The Morgan fingerprint density at radius 1 is 1.31 bits per heavy atom. The maximum Gasteiger partial charge on any atom is 0.0793 e. The summed E-state index contributed by atoms with van der Waals surface area (Å²) in [6.07, 6.45) is 1.31. The van der Waals surface area contributed by atoms with Gasteiger partial charge in [-0.25, -0.2) is 0 Å². The van der Waals surface area contributed by atoms with E-state index in [0.29, 0.717) is 5.92 Å². The number of nitrogens with two attached hydrogens (primary N) is 1. The summed E-state index contributed by atoms with van der Waals surface area (Å²) in [6, 6.07) is 6.47. The maximum absolute atomic E-state index is 6.28. The molecule has 2 N–H and O–H groups in total. The van der Waals surface area contributed by atoms with Gasteiger partial charge in [0, 0.05) is 6.61 Å². The van der Waals surface area contributed by atoms with Gasteiger partial charge >= 0.3 is 0 Å². The first-order valence-corrected chi connectivity index (χ1v) is 6.04. The predicted molar refractivity (Wildman–Crippen MR) is 66.4 cm³/mol. The summed E-state index contributed by atoms with van der Waals surface area (Å²) in [4.78, 5) is 0. The first kappa shape index (κ1) is 11.6. The summed E-state index contributed by atoms with van der Waals surface area (Å²) in [5.41, 5.74) is 10.1. The van der Waals surface area contributed by atoms with Crippen LogP contribution in [0.3, 0.4) is 0 Å². The Morgan fingerprint density at radius 2 is 2.06 bits per heavy atom. The van der Waals surface area contributed by atoms with Gasteiger partial charge in [0.25, 0.3) is 0 Å². The molecule has 1 heterocycles. The Kier molecular flexibility index (Phi) is 3.31. The van der Waals surface area contributed by atoms with Gasteiger partial charge < -0.3 is 10.5 Å². The first-order valence-electron chi connectivity index (χ1n) is 6.04. The quantitative estimate of drug-likeness (QED) is 0.830. The van der Waals surface area contributed by atoms with Crippen LogP contribution in [0.15, 0.2) is 18.2 Å². The second-order valence-electron chi connectivity index (χ2n) is 4.97. The lowest BCUT2D eigenvalue weighted by Crippen LogP contribution is -2.29. The van der Waals surface area contributed by atoms with Crippen LogP contribution in [-0.2, 0) is 4.74 Å². The largest absolute Gasteiger partial charge is 0.376 e. The zero-order valence-corrected chi connectivity index (χ0v) is 10.4. The number of rotatable bonds is 2. The Labute approximate surface area is 97.8 Å². The highest BCUT2D eigenvalue weighted by atomic mass is 16.5. The van der Waals surface area contributed by atoms with Crippen molar-refractivity contribution in [3.05, 3.63) is 34.9 Å². The Balaban J connectivity index is 2.20. The molecule has 3 unspecified atom stereocenters. The highest BCUT2D eigenvalue weighted by Crippen LogP contribution is 2.30. The van der Waals surface area contributed by atoms with Crippen LogP contribution in [0.5, 0.6) is 0 Å². The van der Waals surface area contributed by atoms with E-state index in [9.17, 15) is 0 Å². The van der Waals surface area contributed by atoms with E-state index in [2.05, 4.69) is 39.0 Å². The number of benzene rings is 1. The minimum atomic E-state index is 0.0109. The van der Waals surface area contributed by atoms with Gasteiger partial charge in [-0.2, -0.15) is 0 Å². The number of ether oxygens (including phenoxy) is 1. The number of aryl methyl sites for hydroxylation is 2. The Bertz CT molecular complexity index is 375. The molecule has 16 heavy (non-hydrogen) atoms. The first-order chi connectivity index (χ1) is 7.59. The van der Waals surface area contributed by atoms with Crippen LogP contribution in [0.1, 0.15) is 36.1 Å². The zero-order chi connectivity index (χ0) is 11.7. The topological polar surface area (TPSA) is 35.2 Å². The molecule has 0 radical (unpaired) electrons. The molecule has 88 valence electrons. The van der Waals surface area contributed by atoms with Gasteiger partial charge in [-0.15, -0.1) is 0 Å². The molecule has 0 saturated carbocycles. The fraction of sp³-hybridized carbons (Fsp3) is 0.571. The van der Waals surface area contributed by atoms with Crippen LogP contribution in [0.2, 0.25) is 0 Å². The van der Waals surface area contributed by atoms with Crippen molar-refractivity contribution in [1.82, 2.24) is 0 Å². The van der Waals surface area contributed by atoms with E-state index >= 15 is 0 Å². The van der Waals surface area contributed by atoms with Gasteiger partial charge in [0.05, 0.1) is 12.1 Å². The highest BCUT2D eigenvalue weighted by Gasteiger charge is 2.30. The summed E-state index contributed by atoms with van der Waals surface area (Å²) in [5.74, 6) is 0.566. The van der Waals surface area contributed by atoms with Crippen molar-refractivity contribution in [2.45, 2.75) is 39.3 Å². The van der Waals surface area contributed by atoms with Crippen LogP contribution in [0, 0.1) is 19.8 Å². The second kappa shape index (κ2) is 4.56. The zero-order valence-electron chi connectivity index (χ0n) is 10.4. The predicted octanol–water partition coefficient (Wildman–Crippen LogP) is 2.73. The molecule has 2 rings (SSSR count). The third kappa shape index (κ3) is 2.13. The molecule has 1 aromatic carbocycles. The van der Waals surface area contributed by atoms with Gasteiger partial charge in [0.2, 0.25) is 0 Å². The van der Waals surface area contributed by atoms with Crippen LogP contribution in [0.4, 0.5) is 0 Å². The average molecular weight is 219 g/mol. The molecule has 0 bridgehead atoms. The van der Waals surface area contributed by atoms with Crippen LogP contribution < -0.4 is 5.73 Å².